The fourth-order valence-corrected chi connectivity index (χ4v) is 2.59. The standard InChI is InChI=1S/C10H19N3OSi/c1-4-15(2,3)7-5-6-13-8-10(9-14)11-12-13/h4,8,14H,1,5-7,9H2,2-3H3. The largest absolute Gasteiger partial charge is 0.390 e. The van der Waals surface area contributed by atoms with Crippen LogP contribution in [0.5, 0.6) is 0 Å². The van der Waals surface area contributed by atoms with Crippen molar-refractivity contribution in [2.24, 2.45) is 0 Å². The Morgan fingerprint density at radius 3 is 2.87 bits per heavy atom. The predicted octanol–water partition coefficient (Wildman–Crippen LogP) is 1.59. The van der Waals surface area contributed by atoms with Crippen molar-refractivity contribution in [1.29, 1.82) is 0 Å². The second-order valence-electron chi connectivity index (χ2n) is 4.43. The Kier molecular flexibility index (Phi) is 4.23. The molecule has 0 aliphatic carbocycles. The van der Waals surface area contributed by atoms with Crippen LogP contribution in [0.3, 0.4) is 0 Å². The minimum Gasteiger partial charge on any atom is -0.390 e. The lowest BCUT2D eigenvalue weighted by Gasteiger charge is -2.16. The third kappa shape index (κ3) is 3.97. The van der Waals surface area contributed by atoms with Crippen LogP contribution in [0.4, 0.5) is 0 Å². The number of hydrogen-bond acceptors (Lipinski definition) is 3. The minimum atomic E-state index is -1.18. The maximum Gasteiger partial charge on any atom is 0.108 e. The predicted molar refractivity (Wildman–Crippen MR) is 63.0 cm³/mol. The van der Waals surface area contributed by atoms with Gasteiger partial charge in [-0.3, -0.25) is 4.68 Å². The molecule has 0 amide bonds. The van der Waals surface area contributed by atoms with E-state index in [0.29, 0.717) is 5.69 Å². The molecule has 1 aromatic rings. The number of aliphatic hydroxyl groups is 1. The van der Waals surface area contributed by atoms with Crippen LogP contribution < -0.4 is 0 Å². The molecule has 1 aromatic heterocycles. The number of aromatic nitrogens is 3. The van der Waals surface area contributed by atoms with Gasteiger partial charge in [0.15, 0.2) is 0 Å². The normalized spacial score (nSPS) is 11.7. The molecule has 0 bridgehead atoms. The molecule has 0 aromatic carbocycles. The number of aryl methyl sites for hydroxylation is 1. The van der Waals surface area contributed by atoms with E-state index in [1.165, 1.54) is 6.04 Å². The van der Waals surface area contributed by atoms with E-state index in [1.54, 1.807) is 10.9 Å². The van der Waals surface area contributed by atoms with Crippen molar-refractivity contribution < 1.29 is 5.11 Å². The van der Waals surface area contributed by atoms with Crippen LogP contribution in [0.25, 0.3) is 0 Å². The molecule has 0 radical (unpaired) electrons. The van der Waals surface area contributed by atoms with E-state index in [1.807, 2.05) is 0 Å². The first-order valence-corrected chi connectivity index (χ1v) is 8.49. The second-order valence-corrected chi connectivity index (χ2v) is 9.31. The van der Waals surface area contributed by atoms with Gasteiger partial charge in [-0.2, -0.15) is 0 Å². The zero-order valence-electron chi connectivity index (χ0n) is 9.48. The van der Waals surface area contributed by atoms with Crippen molar-refractivity contribution in [2.75, 3.05) is 0 Å². The molecule has 4 nitrogen and oxygen atoms in total. The lowest BCUT2D eigenvalue weighted by molar-refractivity contribution is 0.276. The molecule has 15 heavy (non-hydrogen) atoms. The molecule has 0 unspecified atom stereocenters. The Morgan fingerprint density at radius 2 is 2.33 bits per heavy atom. The monoisotopic (exact) mass is 225 g/mol. The van der Waals surface area contributed by atoms with Crippen LogP contribution in [-0.4, -0.2) is 28.2 Å². The molecular formula is C10H19N3OSi. The van der Waals surface area contributed by atoms with Gasteiger partial charge in [-0.1, -0.05) is 24.4 Å². The topological polar surface area (TPSA) is 50.9 Å². The third-order valence-electron chi connectivity index (χ3n) is 2.51. The highest BCUT2D eigenvalue weighted by molar-refractivity contribution is 6.82. The lowest BCUT2D eigenvalue weighted by atomic mass is 10.4. The van der Waals surface area contributed by atoms with Gasteiger partial charge in [0, 0.05) is 6.54 Å². The van der Waals surface area contributed by atoms with Crippen molar-refractivity contribution in [3.05, 3.63) is 24.2 Å². The van der Waals surface area contributed by atoms with E-state index in [-0.39, 0.29) is 6.61 Å². The van der Waals surface area contributed by atoms with Gasteiger partial charge < -0.3 is 5.11 Å². The Bertz CT molecular complexity index is 322. The van der Waals surface area contributed by atoms with Crippen LogP contribution >= 0.6 is 0 Å². The maximum atomic E-state index is 8.82. The highest BCUT2D eigenvalue weighted by Gasteiger charge is 2.14. The molecule has 84 valence electrons. The van der Waals surface area contributed by atoms with Crippen molar-refractivity contribution >= 4 is 8.07 Å². The summed E-state index contributed by atoms with van der Waals surface area (Å²) >= 11 is 0. The average Bonchev–Trinajstić information content (AvgIpc) is 2.66. The smallest absolute Gasteiger partial charge is 0.108 e. The third-order valence-corrected chi connectivity index (χ3v) is 5.26. The van der Waals surface area contributed by atoms with Gasteiger partial charge in [0.1, 0.15) is 5.69 Å². The Labute approximate surface area is 91.6 Å². The highest BCUT2D eigenvalue weighted by Crippen LogP contribution is 2.13. The van der Waals surface area contributed by atoms with Crippen molar-refractivity contribution in [1.82, 2.24) is 15.0 Å². The van der Waals surface area contributed by atoms with Gasteiger partial charge in [-0.15, -0.1) is 17.4 Å². The molecule has 0 aliphatic heterocycles. The van der Waals surface area contributed by atoms with E-state index in [4.69, 9.17) is 5.11 Å². The van der Waals surface area contributed by atoms with Crippen LogP contribution in [0.15, 0.2) is 18.5 Å². The van der Waals surface area contributed by atoms with E-state index < -0.39 is 8.07 Å². The molecule has 5 heteroatoms. The van der Waals surface area contributed by atoms with Crippen molar-refractivity contribution in [2.45, 2.75) is 38.7 Å². The Hall–Kier alpha value is -0.943. The quantitative estimate of drug-likeness (QED) is 0.748. The molecule has 1 heterocycles. The number of aliphatic hydroxyl groups excluding tert-OH is 1. The molecular weight excluding hydrogens is 206 g/mol. The summed E-state index contributed by atoms with van der Waals surface area (Å²) in [6.07, 6.45) is 2.89. The molecule has 1 N–H and O–H groups in total. The first-order valence-electron chi connectivity index (χ1n) is 5.21. The van der Waals surface area contributed by atoms with Gasteiger partial charge >= 0.3 is 0 Å². The SMILES string of the molecule is C=C[Si](C)(C)CCCn1cc(CO)nn1. The molecule has 0 spiro atoms. The molecule has 0 saturated heterocycles. The molecule has 0 saturated carbocycles. The fourth-order valence-electron chi connectivity index (χ4n) is 1.32. The summed E-state index contributed by atoms with van der Waals surface area (Å²) in [4.78, 5) is 0. The van der Waals surface area contributed by atoms with E-state index in [0.717, 1.165) is 13.0 Å². The molecule has 1 rings (SSSR count). The summed E-state index contributed by atoms with van der Waals surface area (Å²) in [5.41, 5.74) is 2.75. The van der Waals surface area contributed by atoms with Gasteiger partial charge in [0.05, 0.1) is 20.9 Å². The number of nitrogens with zero attached hydrogens (tertiary/aromatic N) is 3. The van der Waals surface area contributed by atoms with Crippen LogP contribution in [0.1, 0.15) is 12.1 Å². The lowest BCUT2D eigenvalue weighted by Crippen LogP contribution is -2.22. The summed E-state index contributed by atoms with van der Waals surface area (Å²) in [5.74, 6) is 0. The van der Waals surface area contributed by atoms with Gasteiger partial charge in [-0.05, 0) is 6.42 Å². The van der Waals surface area contributed by atoms with Crippen molar-refractivity contribution in [3.63, 3.8) is 0 Å². The van der Waals surface area contributed by atoms with Gasteiger partial charge in [0.2, 0.25) is 0 Å². The van der Waals surface area contributed by atoms with E-state index in [2.05, 4.69) is 35.7 Å². The zero-order chi connectivity index (χ0) is 11.3. The molecule has 0 fully saturated rings. The molecule has 0 atom stereocenters. The summed E-state index contributed by atoms with van der Waals surface area (Å²) in [6, 6.07) is 1.21. The van der Waals surface area contributed by atoms with E-state index in [9.17, 15) is 0 Å². The number of rotatable bonds is 6. The van der Waals surface area contributed by atoms with Crippen LogP contribution in [-0.2, 0) is 13.2 Å². The first kappa shape index (κ1) is 12.1. The highest BCUT2D eigenvalue weighted by atomic mass is 28.3. The summed E-state index contributed by atoms with van der Waals surface area (Å²) in [7, 11) is -1.18. The maximum absolute atomic E-state index is 8.82. The summed E-state index contributed by atoms with van der Waals surface area (Å²) < 4.78 is 1.79. The Morgan fingerprint density at radius 1 is 1.60 bits per heavy atom. The number of hydrogen-bond donors (Lipinski definition) is 1. The van der Waals surface area contributed by atoms with Crippen LogP contribution in [0, 0.1) is 0 Å². The van der Waals surface area contributed by atoms with Gasteiger partial charge in [-0.25, -0.2) is 0 Å². The second kappa shape index (κ2) is 5.23. The average molecular weight is 225 g/mol. The molecule has 0 aliphatic rings. The zero-order valence-corrected chi connectivity index (χ0v) is 10.5. The first-order chi connectivity index (χ1) is 7.07. The Balaban J connectivity index is 2.34. The van der Waals surface area contributed by atoms with Crippen LogP contribution in [0.2, 0.25) is 19.1 Å². The fraction of sp³-hybridized carbons (Fsp3) is 0.600. The van der Waals surface area contributed by atoms with E-state index >= 15 is 0 Å². The minimum absolute atomic E-state index is 0.0348. The summed E-state index contributed by atoms with van der Waals surface area (Å²) in [5, 5.41) is 16.6. The van der Waals surface area contributed by atoms with Crippen molar-refractivity contribution in [3.8, 4) is 0 Å². The summed E-state index contributed by atoms with van der Waals surface area (Å²) in [6.45, 7) is 9.32. The van der Waals surface area contributed by atoms with Gasteiger partial charge in [0.25, 0.3) is 0 Å².